The van der Waals surface area contributed by atoms with Gasteiger partial charge >= 0.3 is 0 Å². The van der Waals surface area contributed by atoms with Crippen LogP contribution in [-0.4, -0.2) is 72.6 Å². The van der Waals surface area contributed by atoms with Crippen molar-refractivity contribution in [3.8, 4) is 0 Å². The number of nitrogens with one attached hydrogen (secondary N) is 2. The number of aromatic nitrogens is 1. The summed E-state index contributed by atoms with van der Waals surface area (Å²) in [5, 5.41) is 14.2. The zero-order valence-corrected chi connectivity index (χ0v) is 22.3. The van der Waals surface area contributed by atoms with E-state index in [1.54, 1.807) is 0 Å². The van der Waals surface area contributed by atoms with Gasteiger partial charge in [0, 0.05) is 48.8 Å². The maximum Gasteiger partial charge on any atom is 0.243 e. The average molecular weight is 505 g/mol. The quantitative estimate of drug-likeness (QED) is 0.272. The van der Waals surface area contributed by atoms with Gasteiger partial charge in [-0.3, -0.25) is 9.59 Å². The molecule has 2 aromatic carbocycles. The number of ketones is 1. The van der Waals surface area contributed by atoms with Gasteiger partial charge < -0.3 is 25.2 Å². The van der Waals surface area contributed by atoms with Gasteiger partial charge in [-0.05, 0) is 50.2 Å². The Morgan fingerprint density at radius 2 is 1.92 bits per heavy atom. The van der Waals surface area contributed by atoms with Gasteiger partial charge in [0.05, 0.1) is 18.2 Å². The summed E-state index contributed by atoms with van der Waals surface area (Å²) >= 11 is 0. The number of rotatable bonds is 11. The Hall–Kier alpha value is -3.16. The SMILES string of the molecule is CCCCCN1c2ccc(C(=O)CCN(C)C)c3[nH]cc(c23)C[C@@H](CO)NC(=O)[C@@H]1Cc1ccccc1. The predicted octanol–water partition coefficient (Wildman–Crippen LogP) is 3.94. The zero-order valence-electron chi connectivity index (χ0n) is 22.3. The molecule has 1 amide bonds. The number of benzene rings is 2. The lowest BCUT2D eigenvalue weighted by molar-refractivity contribution is -0.123. The molecule has 0 aliphatic carbocycles. The molecule has 3 aromatic rings. The molecule has 0 fully saturated rings. The van der Waals surface area contributed by atoms with E-state index in [4.69, 9.17) is 0 Å². The highest BCUT2D eigenvalue weighted by Gasteiger charge is 2.32. The summed E-state index contributed by atoms with van der Waals surface area (Å²) in [6, 6.07) is 13.2. The largest absolute Gasteiger partial charge is 0.394 e. The minimum Gasteiger partial charge on any atom is -0.394 e. The fraction of sp³-hybridized carbons (Fsp3) is 0.467. The smallest absolute Gasteiger partial charge is 0.243 e. The average Bonchev–Trinajstić information content (AvgIpc) is 3.33. The third-order valence-corrected chi connectivity index (χ3v) is 7.28. The summed E-state index contributed by atoms with van der Waals surface area (Å²) in [6.07, 6.45) is 6.54. The van der Waals surface area contributed by atoms with Crippen molar-refractivity contribution < 1.29 is 14.7 Å². The fourth-order valence-corrected chi connectivity index (χ4v) is 5.27. The highest BCUT2D eigenvalue weighted by atomic mass is 16.3. The first kappa shape index (κ1) is 26.9. The number of Topliss-reactive ketones (excluding diaryl/α,β-unsaturated/α-hetero) is 1. The number of unbranched alkanes of at least 4 members (excludes halogenated alkanes) is 2. The van der Waals surface area contributed by atoms with E-state index in [0.717, 1.165) is 53.5 Å². The molecule has 1 aromatic heterocycles. The number of nitrogens with zero attached hydrogens (tertiary/aromatic N) is 2. The topological polar surface area (TPSA) is 88.7 Å². The molecule has 0 saturated carbocycles. The zero-order chi connectivity index (χ0) is 26.4. The molecule has 2 heterocycles. The molecule has 1 aliphatic rings. The van der Waals surface area contributed by atoms with E-state index >= 15 is 0 Å². The molecular weight excluding hydrogens is 464 g/mol. The Morgan fingerprint density at radius 1 is 1.14 bits per heavy atom. The van der Waals surface area contributed by atoms with Crippen LogP contribution in [0.5, 0.6) is 0 Å². The maximum absolute atomic E-state index is 13.7. The number of amides is 1. The second-order valence-corrected chi connectivity index (χ2v) is 10.4. The Balaban J connectivity index is 1.85. The van der Waals surface area contributed by atoms with Gasteiger partial charge in [0.2, 0.25) is 5.91 Å². The Bertz CT molecular complexity index is 1200. The summed E-state index contributed by atoms with van der Waals surface area (Å²) < 4.78 is 0. The lowest BCUT2D eigenvalue weighted by Crippen LogP contribution is -2.52. The number of hydrogen-bond acceptors (Lipinski definition) is 5. The molecule has 0 radical (unpaired) electrons. The molecule has 0 unspecified atom stereocenters. The van der Waals surface area contributed by atoms with Crippen LogP contribution in [0.2, 0.25) is 0 Å². The Kier molecular flexibility index (Phi) is 9.00. The van der Waals surface area contributed by atoms with E-state index in [9.17, 15) is 14.7 Å². The summed E-state index contributed by atoms with van der Waals surface area (Å²) in [7, 11) is 3.93. The number of hydrogen-bond donors (Lipinski definition) is 3. The van der Waals surface area contributed by atoms with Crippen molar-refractivity contribution in [2.24, 2.45) is 0 Å². The number of aliphatic hydroxyl groups excluding tert-OH is 1. The van der Waals surface area contributed by atoms with Crippen molar-refractivity contribution >= 4 is 28.3 Å². The summed E-state index contributed by atoms with van der Waals surface area (Å²) in [6.45, 7) is 3.44. The van der Waals surface area contributed by atoms with Gasteiger partial charge in [-0.2, -0.15) is 0 Å². The van der Waals surface area contributed by atoms with Crippen LogP contribution in [0.25, 0.3) is 10.9 Å². The van der Waals surface area contributed by atoms with Gasteiger partial charge in [-0.1, -0.05) is 50.1 Å². The lowest BCUT2D eigenvalue weighted by Gasteiger charge is -2.34. The van der Waals surface area contributed by atoms with Gasteiger partial charge in [-0.15, -0.1) is 0 Å². The van der Waals surface area contributed by atoms with Crippen LogP contribution >= 0.6 is 0 Å². The highest BCUT2D eigenvalue weighted by molar-refractivity contribution is 6.11. The Morgan fingerprint density at radius 3 is 2.62 bits per heavy atom. The lowest BCUT2D eigenvalue weighted by atomic mass is 9.97. The Labute approximate surface area is 219 Å². The number of H-pyrrole nitrogens is 1. The standard InChI is InChI=1S/C30H40N4O3/c1-4-5-9-15-34-25-13-12-24(27(36)14-16-33(2)3)29-28(25)22(19-31-29)18-23(20-35)32-30(37)26(34)17-21-10-7-6-8-11-21/h6-8,10-13,19,23,26,31,35H,4-5,9,14-18,20H2,1-3H3,(H,32,37)/t23-,26-/m0/s1. The fourth-order valence-electron chi connectivity index (χ4n) is 5.27. The summed E-state index contributed by atoms with van der Waals surface area (Å²) in [5.74, 6) is 0.0209. The molecule has 0 bridgehead atoms. The first-order valence-corrected chi connectivity index (χ1v) is 13.5. The molecule has 7 heteroatoms. The molecule has 0 spiro atoms. The van der Waals surface area contributed by atoms with E-state index in [0.29, 0.717) is 31.4 Å². The molecule has 37 heavy (non-hydrogen) atoms. The van der Waals surface area contributed by atoms with E-state index in [-0.39, 0.29) is 18.3 Å². The number of carbonyl (C=O) groups excluding carboxylic acids is 2. The predicted molar refractivity (Wildman–Crippen MR) is 149 cm³/mol. The van der Waals surface area contributed by atoms with Gasteiger partial charge in [0.15, 0.2) is 5.78 Å². The monoisotopic (exact) mass is 504 g/mol. The number of carbonyl (C=O) groups is 2. The van der Waals surface area contributed by atoms with Gasteiger partial charge in [0.25, 0.3) is 0 Å². The molecule has 198 valence electrons. The summed E-state index contributed by atoms with van der Waals surface area (Å²) in [4.78, 5) is 34.6. The van der Waals surface area contributed by atoms with Crippen LogP contribution in [0, 0.1) is 0 Å². The van der Waals surface area contributed by atoms with Crippen LogP contribution < -0.4 is 10.2 Å². The minimum absolute atomic E-state index is 0.0761. The number of aromatic amines is 1. The minimum atomic E-state index is -0.437. The number of anilines is 1. The van der Waals surface area contributed by atoms with Crippen LogP contribution in [0.3, 0.4) is 0 Å². The van der Waals surface area contributed by atoms with E-state index in [1.807, 2.05) is 55.5 Å². The van der Waals surface area contributed by atoms with Gasteiger partial charge in [0.1, 0.15) is 6.04 Å². The first-order chi connectivity index (χ1) is 17.9. The molecule has 3 N–H and O–H groups in total. The molecule has 2 atom stereocenters. The van der Waals surface area contributed by atoms with Crippen molar-refractivity contribution in [1.29, 1.82) is 0 Å². The molecule has 0 saturated heterocycles. The van der Waals surface area contributed by atoms with E-state index in [1.165, 1.54) is 0 Å². The van der Waals surface area contributed by atoms with Gasteiger partial charge in [-0.25, -0.2) is 0 Å². The highest BCUT2D eigenvalue weighted by Crippen LogP contribution is 2.36. The third-order valence-electron chi connectivity index (χ3n) is 7.28. The second kappa shape index (κ2) is 12.4. The first-order valence-electron chi connectivity index (χ1n) is 13.5. The van der Waals surface area contributed by atoms with Crippen molar-refractivity contribution in [3.63, 3.8) is 0 Å². The third kappa shape index (κ3) is 6.22. The second-order valence-electron chi connectivity index (χ2n) is 10.4. The van der Waals surface area contributed by atoms with Crippen molar-refractivity contribution in [2.75, 3.05) is 38.7 Å². The summed E-state index contributed by atoms with van der Waals surface area (Å²) in [5.41, 5.74) is 4.57. The van der Waals surface area contributed by atoms with Crippen LogP contribution in [-0.2, 0) is 17.6 Å². The molecule has 4 rings (SSSR count). The molecule has 7 nitrogen and oxygen atoms in total. The van der Waals surface area contributed by atoms with Crippen molar-refractivity contribution in [2.45, 2.75) is 57.5 Å². The molecular formula is C30H40N4O3. The van der Waals surface area contributed by atoms with Crippen LogP contribution in [0.1, 0.15) is 54.1 Å². The molecule has 1 aliphatic heterocycles. The van der Waals surface area contributed by atoms with E-state index in [2.05, 4.69) is 34.3 Å². The van der Waals surface area contributed by atoms with Crippen LogP contribution in [0.15, 0.2) is 48.7 Å². The van der Waals surface area contributed by atoms with Crippen LogP contribution in [0.4, 0.5) is 5.69 Å². The van der Waals surface area contributed by atoms with Crippen molar-refractivity contribution in [3.05, 3.63) is 65.4 Å². The number of aliphatic hydroxyl groups is 1. The van der Waals surface area contributed by atoms with Crippen molar-refractivity contribution in [1.82, 2.24) is 15.2 Å². The normalized spacial score (nSPS) is 18.0. The maximum atomic E-state index is 13.7. The van der Waals surface area contributed by atoms with E-state index < -0.39 is 12.1 Å².